The standard InChI is InChI=1S/C14H23N3O/c1-10(2)13(8-18)17-14-11-6-4-3-5-7-12(11)15-9-16-14/h9-10,13,18H,3-8H2,1-2H3,(H,15,16,17). The van der Waals surface area contributed by atoms with Crippen LogP contribution in [0.5, 0.6) is 0 Å². The van der Waals surface area contributed by atoms with Crippen LogP contribution in [0.4, 0.5) is 5.82 Å². The van der Waals surface area contributed by atoms with Crippen LogP contribution in [0.25, 0.3) is 0 Å². The molecule has 0 aromatic carbocycles. The lowest BCUT2D eigenvalue weighted by atomic mass is 10.0. The first kappa shape index (κ1) is 13.3. The number of nitrogens with zero attached hydrogens (tertiary/aromatic N) is 2. The summed E-state index contributed by atoms with van der Waals surface area (Å²) in [7, 11) is 0. The van der Waals surface area contributed by atoms with Crippen molar-refractivity contribution in [3.8, 4) is 0 Å². The van der Waals surface area contributed by atoms with Crippen molar-refractivity contribution in [2.45, 2.75) is 52.0 Å². The molecule has 1 unspecified atom stereocenters. The van der Waals surface area contributed by atoms with Crippen molar-refractivity contribution < 1.29 is 5.11 Å². The van der Waals surface area contributed by atoms with Crippen LogP contribution in [-0.4, -0.2) is 27.7 Å². The molecule has 100 valence electrons. The third kappa shape index (κ3) is 2.99. The molecule has 18 heavy (non-hydrogen) atoms. The van der Waals surface area contributed by atoms with E-state index in [0.717, 1.165) is 18.7 Å². The second kappa shape index (κ2) is 6.14. The largest absolute Gasteiger partial charge is 0.394 e. The fraction of sp³-hybridized carbons (Fsp3) is 0.714. The number of aryl methyl sites for hydroxylation is 1. The number of hydrogen-bond acceptors (Lipinski definition) is 4. The van der Waals surface area contributed by atoms with Gasteiger partial charge in [0.2, 0.25) is 0 Å². The summed E-state index contributed by atoms with van der Waals surface area (Å²) >= 11 is 0. The maximum absolute atomic E-state index is 9.41. The van der Waals surface area contributed by atoms with Gasteiger partial charge in [0, 0.05) is 11.3 Å². The Bertz CT molecular complexity index is 393. The summed E-state index contributed by atoms with van der Waals surface area (Å²) in [6, 6.07) is 0.0623. The summed E-state index contributed by atoms with van der Waals surface area (Å²) in [5.74, 6) is 1.31. The molecule has 1 aromatic heterocycles. The van der Waals surface area contributed by atoms with E-state index in [4.69, 9.17) is 0 Å². The number of hydrogen-bond donors (Lipinski definition) is 2. The average Bonchev–Trinajstić information content (AvgIpc) is 2.61. The van der Waals surface area contributed by atoms with E-state index in [1.807, 2.05) is 0 Å². The molecular formula is C14H23N3O. The van der Waals surface area contributed by atoms with Gasteiger partial charge in [0.05, 0.1) is 12.6 Å². The molecule has 4 heteroatoms. The normalized spacial score (nSPS) is 17.1. The number of nitrogens with one attached hydrogen (secondary N) is 1. The van der Waals surface area contributed by atoms with Crippen molar-refractivity contribution >= 4 is 5.82 Å². The van der Waals surface area contributed by atoms with Gasteiger partial charge in [-0.05, 0) is 31.6 Å². The Hall–Kier alpha value is -1.16. The van der Waals surface area contributed by atoms with Gasteiger partial charge in [-0.2, -0.15) is 0 Å². The van der Waals surface area contributed by atoms with E-state index in [0.29, 0.717) is 5.92 Å². The van der Waals surface area contributed by atoms with Gasteiger partial charge in [-0.25, -0.2) is 9.97 Å². The van der Waals surface area contributed by atoms with Gasteiger partial charge >= 0.3 is 0 Å². The Morgan fingerprint density at radius 2 is 2.00 bits per heavy atom. The molecule has 1 heterocycles. The molecule has 4 nitrogen and oxygen atoms in total. The van der Waals surface area contributed by atoms with E-state index in [2.05, 4.69) is 29.1 Å². The Labute approximate surface area is 109 Å². The average molecular weight is 249 g/mol. The lowest BCUT2D eigenvalue weighted by molar-refractivity contribution is 0.249. The highest BCUT2D eigenvalue weighted by atomic mass is 16.3. The molecule has 2 N–H and O–H groups in total. The van der Waals surface area contributed by atoms with E-state index in [1.165, 1.54) is 30.5 Å². The van der Waals surface area contributed by atoms with E-state index in [-0.39, 0.29) is 12.6 Å². The summed E-state index contributed by atoms with van der Waals surface area (Å²) in [4.78, 5) is 8.77. The van der Waals surface area contributed by atoms with Gasteiger partial charge in [-0.3, -0.25) is 0 Å². The van der Waals surface area contributed by atoms with Crippen LogP contribution >= 0.6 is 0 Å². The van der Waals surface area contributed by atoms with Gasteiger partial charge in [0.15, 0.2) is 0 Å². The molecular weight excluding hydrogens is 226 g/mol. The lowest BCUT2D eigenvalue weighted by Gasteiger charge is -2.22. The number of aliphatic hydroxyl groups is 1. The first-order valence-corrected chi connectivity index (χ1v) is 6.92. The van der Waals surface area contributed by atoms with Crippen molar-refractivity contribution in [1.82, 2.24) is 9.97 Å². The zero-order valence-corrected chi connectivity index (χ0v) is 11.3. The molecule has 2 rings (SSSR count). The minimum atomic E-state index is 0.0623. The minimum absolute atomic E-state index is 0.0623. The van der Waals surface area contributed by atoms with E-state index >= 15 is 0 Å². The summed E-state index contributed by atoms with van der Waals surface area (Å²) in [5, 5.41) is 12.8. The molecule has 0 saturated heterocycles. The third-order valence-corrected chi connectivity index (χ3v) is 3.70. The summed E-state index contributed by atoms with van der Waals surface area (Å²) in [6.45, 7) is 4.35. The molecule has 1 aliphatic rings. The zero-order chi connectivity index (χ0) is 13.0. The lowest BCUT2D eigenvalue weighted by Crippen LogP contribution is -2.30. The number of aromatic nitrogens is 2. The van der Waals surface area contributed by atoms with Crippen LogP contribution in [0.15, 0.2) is 6.33 Å². The van der Waals surface area contributed by atoms with Crippen molar-refractivity contribution in [3.63, 3.8) is 0 Å². The van der Waals surface area contributed by atoms with Crippen LogP contribution in [0.3, 0.4) is 0 Å². The smallest absolute Gasteiger partial charge is 0.133 e. The van der Waals surface area contributed by atoms with Crippen LogP contribution in [0.2, 0.25) is 0 Å². The van der Waals surface area contributed by atoms with Crippen LogP contribution in [0, 0.1) is 5.92 Å². The summed E-state index contributed by atoms with van der Waals surface area (Å²) in [6.07, 6.45) is 7.44. The monoisotopic (exact) mass is 249 g/mol. The Morgan fingerprint density at radius 1 is 1.22 bits per heavy atom. The SMILES string of the molecule is CC(C)C(CO)Nc1ncnc2c1CCCCC2. The van der Waals surface area contributed by atoms with Crippen LogP contribution in [-0.2, 0) is 12.8 Å². The number of anilines is 1. The maximum atomic E-state index is 9.41. The number of aliphatic hydroxyl groups excluding tert-OH is 1. The van der Waals surface area contributed by atoms with Gasteiger partial charge in [-0.15, -0.1) is 0 Å². The Kier molecular flexibility index (Phi) is 4.53. The molecule has 0 saturated carbocycles. The fourth-order valence-corrected chi connectivity index (χ4v) is 2.42. The highest BCUT2D eigenvalue weighted by Crippen LogP contribution is 2.24. The fourth-order valence-electron chi connectivity index (χ4n) is 2.42. The van der Waals surface area contributed by atoms with Crippen molar-refractivity contribution in [1.29, 1.82) is 0 Å². The third-order valence-electron chi connectivity index (χ3n) is 3.70. The number of rotatable bonds is 4. The van der Waals surface area contributed by atoms with Gasteiger partial charge < -0.3 is 10.4 Å². The second-order valence-electron chi connectivity index (χ2n) is 5.39. The quantitative estimate of drug-likeness (QED) is 0.803. The van der Waals surface area contributed by atoms with E-state index in [1.54, 1.807) is 6.33 Å². The highest BCUT2D eigenvalue weighted by molar-refractivity contribution is 5.47. The molecule has 1 atom stereocenters. The Balaban J connectivity index is 2.22. The molecule has 0 amide bonds. The van der Waals surface area contributed by atoms with E-state index < -0.39 is 0 Å². The van der Waals surface area contributed by atoms with Crippen LogP contribution < -0.4 is 5.32 Å². The predicted octanol–water partition coefficient (Wildman–Crippen LogP) is 2.17. The second-order valence-corrected chi connectivity index (χ2v) is 5.39. The molecule has 1 aliphatic carbocycles. The highest BCUT2D eigenvalue weighted by Gasteiger charge is 2.18. The van der Waals surface area contributed by atoms with Gasteiger partial charge in [0.1, 0.15) is 12.1 Å². The molecule has 0 aliphatic heterocycles. The van der Waals surface area contributed by atoms with Crippen molar-refractivity contribution in [2.75, 3.05) is 11.9 Å². The maximum Gasteiger partial charge on any atom is 0.133 e. The van der Waals surface area contributed by atoms with Crippen molar-refractivity contribution in [2.24, 2.45) is 5.92 Å². The summed E-state index contributed by atoms with van der Waals surface area (Å²) < 4.78 is 0. The first-order chi connectivity index (χ1) is 8.72. The zero-order valence-electron chi connectivity index (χ0n) is 11.3. The first-order valence-electron chi connectivity index (χ1n) is 6.92. The topological polar surface area (TPSA) is 58.0 Å². The molecule has 0 bridgehead atoms. The summed E-state index contributed by atoms with van der Waals surface area (Å²) in [5.41, 5.74) is 2.44. The van der Waals surface area contributed by atoms with Gasteiger partial charge in [0.25, 0.3) is 0 Å². The molecule has 1 aromatic rings. The van der Waals surface area contributed by atoms with E-state index in [9.17, 15) is 5.11 Å². The molecule has 0 spiro atoms. The van der Waals surface area contributed by atoms with Crippen molar-refractivity contribution in [3.05, 3.63) is 17.6 Å². The Morgan fingerprint density at radius 3 is 2.72 bits per heavy atom. The van der Waals surface area contributed by atoms with Gasteiger partial charge in [-0.1, -0.05) is 20.3 Å². The predicted molar refractivity (Wildman–Crippen MR) is 72.6 cm³/mol. The minimum Gasteiger partial charge on any atom is -0.394 e. The number of fused-ring (bicyclic) bond motifs is 1. The van der Waals surface area contributed by atoms with Crippen LogP contribution in [0.1, 0.15) is 44.4 Å². The molecule has 0 fully saturated rings. The molecule has 0 radical (unpaired) electrons.